The molecule has 1 aliphatic heterocycles. The number of carbonyl (C=O) groups is 3. The van der Waals surface area contributed by atoms with Crippen LogP contribution < -0.4 is 10.1 Å². The van der Waals surface area contributed by atoms with Crippen molar-refractivity contribution in [2.45, 2.75) is 38.1 Å². The van der Waals surface area contributed by atoms with E-state index in [-0.39, 0.29) is 47.9 Å². The van der Waals surface area contributed by atoms with Gasteiger partial charge >= 0.3 is 0 Å². The summed E-state index contributed by atoms with van der Waals surface area (Å²) in [7, 11) is 1.57. The Kier molecular flexibility index (Phi) is 8.89. The van der Waals surface area contributed by atoms with E-state index in [4.69, 9.17) is 16.3 Å². The second-order valence-electron chi connectivity index (χ2n) is 8.81. The Bertz CT molecular complexity index is 1270. The molecule has 0 unspecified atom stereocenters. The minimum absolute atomic E-state index is 0.0105. The molecule has 1 saturated heterocycles. The van der Waals surface area contributed by atoms with Gasteiger partial charge < -0.3 is 15.0 Å². The summed E-state index contributed by atoms with van der Waals surface area (Å²) in [5, 5.41) is 5.39. The number of aromatic nitrogens is 1. The average Bonchev–Trinajstić information content (AvgIpc) is 3.43. The third-order valence-corrected chi connectivity index (χ3v) is 7.66. The number of likely N-dealkylation sites (tertiary alicyclic amines) is 1. The van der Waals surface area contributed by atoms with Crippen molar-refractivity contribution in [3.63, 3.8) is 0 Å². The number of piperidine rings is 1. The number of halogens is 2. The van der Waals surface area contributed by atoms with Crippen molar-refractivity contribution in [3.05, 3.63) is 80.5 Å². The van der Waals surface area contributed by atoms with Crippen molar-refractivity contribution < 1.29 is 23.5 Å². The molecule has 0 saturated carbocycles. The standard InChI is InChI=1S/C27H27ClFN3O4S/c1-36-20-5-3-18(4-6-20)24(33)8-9-25(34)32-12-10-19(11-13-32)27-31-23(16-37-27)26(35)30-15-17-2-7-22(29)21(28)14-17/h2-7,14,16,19H,8-13,15H2,1H3,(H,30,35). The molecule has 1 aliphatic rings. The number of Topliss-reactive ketones (excluding diaryl/α,β-unsaturated/α-hetero) is 1. The van der Waals surface area contributed by atoms with Gasteiger partial charge in [0, 0.05) is 49.3 Å². The van der Waals surface area contributed by atoms with E-state index in [0.717, 1.165) is 17.8 Å². The van der Waals surface area contributed by atoms with Crippen molar-refractivity contribution in [3.8, 4) is 5.75 Å². The second-order valence-corrected chi connectivity index (χ2v) is 10.1. The lowest BCUT2D eigenvalue weighted by atomic mass is 9.97. The molecule has 1 aromatic heterocycles. The molecule has 2 aromatic carbocycles. The molecular formula is C27H27ClFN3O4S. The van der Waals surface area contributed by atoms with Gasteiger partial charge in [0.2, 0.25) is 5.91 Å². The number of ketones is 1. The number of methoxy groups -OCH3 is 1. The first kappa shape index (κ1) is 26.8. The van der Waals surface area contributed by atoms with Crippen LogP contribution in [0.3, 0.4) is 0 Å². The zero-order chi connectivity index (χ0) is 26.4. The maximum atomic E-state index is 13.3. The molecule has 7 nitrogen and oxygen atoms in total. The van der Waals surface area contributed by atoms with Crippen molar-refractivity contribution in [1.82, 2.24) is 15.2 Å². The Morgan fingerprint density at radius 3 is 2.54 bits per heavy atom. The van der Waals surface area contributed by atoms with Gasteiger partial charge in [0.1, 0.15) is 17.3 Å². The normalized spacial score (nSPS) is 13.9. The number of ether oxygens (including phenoxy) is 1. The van der Waals surface area contributed by atoms with Crippen LogP contribution in [0, 0.1) is 5.82 Å². The zero-order valence-corrected chi connectivity index (χ0v) is 21.9. The van der Waals surface area contributed by atoms with Gasteiger partial charge in [0.15, 0.2) is 5.78 Å². The van der Waals surface area contributed by atoms with Gasteiger partial charge in [-0.2, -0.15) is 0 Å². The predicted molar refractivity (Wildman–Crippen MR) is 140 cm³/mol. The van der Waals surface area contributed by atoms with Crippen LogP contribution >= 0.6 is 22.9 Å². The third-order valence-electron chi connectivity index (χ3n) is 6.37. The lowest BCUT2D eigenvalue weighted by Gasteiger charge is -2.31. The number of rotatable bonds is 9. The van der Waals surface area contributed by atoms with Crippen molar-refractivity contribution in [2.24, 2.45) is 0 Å². The molecular weight excluding hydrogens is 517 g/mol. The molecule has 0 radical (unpaired) electrons. The highest BCUT2D eigenvalue weighted by Crippen LogP contribution is 2.30. The quantitative estimate of drug-likeness (QED) is 0.373. The predicted octanol–water partition coefficient (Wildman–Crippen LogP) is 5.24. The van der Waals surface area contributed by atoms with Crippen LogP contribution in [0.4, 0.5) is 4.39 Å². The summed E-state index contributed by atoms with van der Waals surface area (Å²) in [5.74, 6) is -0.0542. The molecule has 2 heterocycles. The lowest BCUT2D eigenvalue weighted by molar-refractivity contribution is -0.132. The van der Waals surface area contributed by atoms with Crippen LogP contribution in [0.25, 0.3) is 0 Å². The molecule has 0 spiro atoms. The highest BCUT2D eigenvalue weighted by Gasteiger charge is 2.26. The van der Waals surface area contributed by atoms with E-state index in [1.54, 1.807) is 47.7 Å². The number of hydrogen-bond donors (Lipinski definition) is 1. The number of nitrogens with zero attached hydrogens (tertiary/aromatic N) is 2. The number of amides is 2. The Hall–Kier alpha value is -3.30. The smallest absolute Gasteiger partial charge is 0.271 e. The first-order chi connectivity index (χ1) is 17.8. The average molecular weight is 544 g/mol. The summed E-state index contributed by atoms with van der Waals surface area (Å²) in [4.78, 5) is 43.9. The Morgan fingerprint density at radius 1 is 1.14 bits per heavy atom. The number of carbonyl (C=O) groups excluding carboxylic acids is 3. The van der Waals surface area contributed by atoms with Gasteiger partial charge in [0.25, 0.3) is 5.91 Å². The lowest BCUT2D eigenvalue weighted by Crippen LogP contribution is -2.38. The summed E-state index contributed by atoms with van der Waals surface area (Å²) < 4.78 is 18.4. The third kappa shape index (κ3) is 6.93. The van der Waals surface area contributed by atoms with Crippen molar-refractivity contribution >= 4 is 40.5 Å². The van der Waals surface area contributed by atoms with Gasteiger partial charge in [0.05, 0.1) is 17.1 Å². The van der Waals surface area contributed by atoms with Crippen molar-refractivity contribution in [1.29, 1.82) is 0 Å². The maximum absolute atomic E-state index is 13.3. The second kappa shape index (κ2) is 12.3. The molecule has 1 fully saturated rings. The van der Waals surface area contributed by atoms with Crippen LogP contribution in [-0.4, -0.2) is 47.7 Å². The first-order valence-corrected chi connectivity index (χ1v) is 13.2. The van der Waals surface area contributed by atoms with E-state index in [9.17, 15) is 18.8 Å². The van der Waals surface area contributed by atoms with Gasteiger partial charge in [-0.25, -0.2) is 9.37 Å². The molecule has 4 rings (SSSR count). The minimum Gasteiger partial charge on any atom is -0.497 e. The summed E-state index contributed by atoms with van der Waals surface area (Å²) in [6.07, 6.45) is 1.85. The van der Waals surface area contributed by atoms with Crippen LogP contribution in [-0.2, 0) is 11.3 Å². The van der Waals surface area contributed by atoms with Crippen LogP contribution in [0.5, 0.6) is 5.75 Å². The van der Waals surface area contributed by atoms with E-state index in [1.807, 2.05) is 0 Å². The fourth-order valence-electron chi connectivity index (χ4n) is 4.18. The number of thiazole rings is 1. The summed E-state index contributed by atoms with van der Waals surface area (Å²) in [6.45, 7) is 1.40. The van der Waals surface area contributed by atoms with E-state index in [2.05, 4.69) is 10.3 Å². The van der Waals surface area contributed by atoms with E-state index in [1.165, 1.54) is 23.5 Å². The van der Waals surface area contributed by atoms with Crippen LogP contribution in [0.2, 0.25) is 5.02 Å². The van der Waals surface area contributed by atoms with Gasteiger partial charge in [-0.15, -0.1) is 11.3 Å². The first-order valence-electron chi connectivity index (χ1n) is 12.0. The maximum Gasteiger partial charge on any atom is 0.271 e. The number of hydrogen-bond acceptors (Lipinski definition) is 6. The summed E-state index contributed by atoms with van der Waals surface area (Å²) in [5.41, 5.74) is 1.60. The SMILES string of the molecule is COc1ccc(C(=O)CCC(=O)N2CCC(c3nc(C(=O)NCc4ccc(F)c(Cl)c4)cs3)CC2)cc1. The fourth-order valence-corrected chi connectivity index (χ4v) is 5.35. The van der Waals surface area contributed by atoms with Gasteiger partial charge in [-0.1, -0.05) is 17.7 Å². The summed E-state index contributed by atoms with van der Waals surface area (Å²) in [6, 6.07) is 11.2. The van der Waals surface area contributed by atoms with Crippen LogP contribution in [0.15, 0.2) is 47.8 Å². The Labute approximate surface area is 223 Å². The Morgan fingerprint density at radius 2 is 1.86 bits per heavy atom. The molecule has 10 heteroatoms. The van der Waals surface area contributed by atoms with Gasteiger partial charge in [-0.05, 0) is 54.8 Å². The molecule has 1 N–H and O–H groups in total. The van der Waals surface area contributed by atoms with Crippen molar-refractivity contribution in [2.75, 3.05) is 20.2 Å². The molecule has 0 atom stereocenters. The Balaban J connectivity index is 1.22. The monoisotopic (exact) mass is 543 g/mol. The van der Waals surface area contributed by atoms with E-state index < -0.39 is 5.82 Å². The topological polar surface area (TPSA) is 88.6 Å². The molecule has 0 aliphatic carbocycles. The summed E-state index contributed by atoms with van der Waals surface area (Å²) >= 11 is 7.22. The number of benzene rings is 2. The minimum atomic E-state index is -0.504. The van der Waals surface area contributed by atoms with E-state index in [0.29, 0.717) is 35.7 Å². The van der Waals surface area contributed by atoms with Crippen LogP contribution in [0.1, 0.15) is 63.0 Å². The molecule has 37 heavy (non-hydrogen) atoms. The zero-order valence-electron chi connectivity index (χ0n) is 20.3. The molecule has 2 amide bonds. The van der Waals surface area contributed by atoms with E-state index >= 15 is 0 Å². The largest absolute Gasteiger partial charge is 0.497 e. The molecule has 3 aromatic rings. The highest BCUT2D eigenvalue weighted by atomic mass is 35.5. The highest BCUT2D eigenvalue weighted by molar-refractivity contribution is 7.09. The number of nitrogens with one attached hydrogen (secondary N) is 1. The molecule has 0 bridgehead atoms. The molecule has 194 valence electrons. The van der Waals surface area contributed by atoms with Gasteiger partial charge in [-0.3, -0.25) is 14.4 Å². The fraction of sp³-hybridized carbons (Fsp3) is 0.333.